The third-order valence-corrected chi connectivity index (χ3v) is 8.92. The monoisotopic (exact) mass is 970 g/mol. The molecule has 0 spiro atoms. The van der Waals surface area contributed by atoms with E-state index in [1.807, 2.05) is 54.6 Å². The van der Waals surface area contributed by atoms with Crippen LogP contribution in [0.1, 0.15) is 133 Å². The molecule has 0 heterocycles. The fourth-order valence-electron chi connectivity index (χ4n) is 5.96. The Morgan fingerprint density at radius 2 is 1.16 bits per heavy atom. The second-order valence-corrected chi connectivity index (χ2v) is 20.2. The van der Waals surface area contributed by atoms with E-state index in [0.29, 0.717) is 31.6 Å². The Morgan fingerprint density at radius 3 is 1.78 bits per heavy atom. The number of hydrogen-bond acceptors (Lipinski definition) is 12. The third-order valence-electron chi connectivity index (χ3n) is 8.92. The zero-order chi connectivity index (χ0) is 51.7. The van der Waals surface area contributed by atoms with Crippen LogP contribution in [0, 0.1) is 0 Å². The Morgan fingerprint density at radius 1 is 0.580 bits per heavy atom. The summed E-state index contributed by atoms with van der Waals surface area (Å²) < 4.78 is 32.9. The van der Waals surface area contributed by atoms with Gasteiger partial charge in [0.15, 0.2) is 0 Å². The summed E-state index contributed by atoms with van der Waals surface area (Å²) in [7, 11) is 0. The van der Waals surface area contributed by atoms with Gasteiger partial charge in [0.25, 0.3) is 0 Å². The van der Waals surface area contributed by atoms with Crippen molar-refractivity contribution in [3.05, 3.63) is 65.7 Å². The Hall–Kier alpha value is -6.27. The van der Waals surface area contributed by atoms with Crippen molar-refractivity contribution in [2.45, 2.75) is 163 Å². The van der Waals surface area contributed by atoms with Gasteiger partial charge in [-0.25, -0.2) is 24.0 Å². The van der Waals surface area contributed by atoms with Crippen molar-refractivity contribution < 1.29 is 57.2 Å². The van der Waals surface area contributed by atoms with Crippen molar-refractivity contribution in [3.63, 3.8) is 0 Å². The topological polar surface area (TPSA) is 234 Å². The predicted molar refractivity (Wildman–Crippen MR) is 263 cm³/mol. The first kappa shape index (κ1) is 58.9. The molecule has 0 saturated heterocycles. The molecule has 0 aliphatic carbocycles. The summed E-state index contributed by atoms with van der Waals surface area (Å²) in [5.74, 6) is 0.0264. The molecule has 19 nitrogen and oxygen atoms in total. The van der Waals surface area contributed by atoms with Crippen LogP contribution in [0.15, 0.2) is 59.6 Å². The van der Waals surface area contributed by atoms with Crippen LogP contribution in [-0.2, 0) is 41.5 Å². The number of alkyl carbamates (subject to hydrolysis) is 3. The van der Waals surface area contributed by atoms with E-state index in [2.05, 4.69) is 31.6 Å². The molecule has 0 fully saturated rings. The van der Waals surface area contributed by atoms with E-state index >= 15 is 0 Å². The van der Waals surface area contributed by atoms with Crippen LogP contribution in [-0.4, -0.2) is 115 Å². The number of aryl methyl sites for hydroxylation is 1. The van der Waals surface area contributed by atoms with E-state index in [1.54, 1.807) is 83.1 Å². The van der Waals surface area contributed by atoms with Gasteiger partial charge in [-0.05, 0) is 151 Å². The summed E-state index contributed by atoms with van der Waals surface area (Å²) in [5, 5.41) is 13.7. The molecule has 0 aliphatic heterocycles. The highest BCUT2D eigenvalue weighted by molar-refractivity contribution is 5.98. The zero-order valence-corrected chi connectivity index (χ0v) is 43.0. The van der Waals surface area contributed by atoms with Crippen LogP contribution in [0.2, 0.25) is 0 Å². The second-order valence-electron chi connectivity index (χ2n) is 20.2. The number of carbonyl (C=O) groups excluding carboxylic acids is 6. The average molecular weight is 970 g/mol. The molecule has 6 amide bonds. The van der Waals surface area contributed by atoms with Crippen molar-refractivity contribution >= 4 is 42.3 Å². The summed E-state index contributed by atoms with van der Waals surface area (Å²) in [4.78, 5) is 81.8. The number of guanidine groups is 1. The Balaban J connectivity index is 1.92. The van der Waals surface area contributed by atoms with Crippen LogP contribution < -0.4 is 31.3 Å². The van der Waals surface area contributed by atoms with E-state index in [9.17, 15) is 28.8 Å². The van der Waals surface area contributed by atoms with Gasteiger partial charge in [-0.2, -0.15) is 0 Å². The smallest absolute Gasteiger partial charge is 0.437 e. The maximum absolute atomic E-state index is 13.5. The van der Waals surface area contributed by atoms with Gasteiger partial charge in [0.1, 0.15) is 47.4 Å². The fourth-order valence-corrected chi connectivity index (χ4v) is 5.96. The van der Waals surface area contributed by atoms with Crippen molar-refractivity contribution in [2.24, 2.45) is 4.99 Å². The van der Waals surface area contributed by atoms with Crippen LogP contribution >= 0.6 is 0 Å². The van der Waals surface area contributed by atoms with Gasteiger partial charge in [0.05, 0.1) is 6.54 Å². The highest BCUT2D eigenvalue weighted by Crippen LogP contribution is 2.16. The first-order valence-corrected chi connectivity index (χ1v) is 23.6. The molecular weight excluding hydrogens is 891 g/mol. The lowest BCUT2D eigenvalue weighted by molar-refractivity contribution is -0.123. The molecule has 0 aromatic heterocycles. The largest absolute Gasteiger partial charge is 0.492 e. The number of carbonyl (C=O) groups is 6. The molecule has 69 heavy (non-hydrogen) atoms. The minimum Gasteiger partial charge on any atom is -0.492 e. The quantitative estimate of drug-likeness (QED) is 0.0323. The van der Waals surface area contributed by atoms with Crippen molar-refractivity contribution in [2.75, 3.05) is 39.3 Å². The summed E-state index contributed by atoms with van der Waals surface area (Å²) in [6.45, 7) is 22.5. The summed E-state index contributed by atoms with van der Waals surface area (Å²) in [6, 6.07) is 16.3. The first-order chi connectivity index (χ1) is 32.2. The number of amides is 6. The maximum atomic E-state index is 13.5. The van der Waals surface area contributed by atoms with Gasteiger partial charge < -0.3 is 54.6 Å². The number of rotatable bonds is 22. The van der Waals surface area contributed by atoms with Gasteiger partial charge in [-0.1, -0.05) is 42.5 Å². The molecule has 386 valence electrons. The lowest BCUT2D eigenvalue weighted by Crippen LogP contribution is -2.48. The minimum atomic E-state index is -0.963. The number of nitrogens with one attached hydrogen (secondary N) is 5. The van der Waals surface area contributed by atoms with Gasteiger partial charge in [-0.15, -0.1) is 4.99 Å². The molecule has 2 aromatic rings. The van der Waals surface area contributed by atoms with Crippen molar-refractivity contribution in [1.82, 2.24) is 31.5 Å². The maximum Gasteiger partial charge on any atom is 0.437 e. The number of aliphatic imine (C=N–C) groups is 1. The van der Waals surface area contributed by atoms with E-state index in [0.717, 1.165) is 30.4 Å². The molecule has 5 N–H and O–H groups in total. The summed E-state index contributed by atoms with van der Waals surface area (Å²) in [5.41, 5.74) is -1.11. The first-order valence-electron chi connectivity index (χ1n) is 23.6. The fraction of sp³-hybridized carbons (Fsp3) is 0.620. The molecule has 1 atom stereocenters. The Bertz CT molecular complexity index is 1930. The van der Waals surface area contributed by atoms with Crippen LogP contribution in [0.5, 0.6) is 5.75 Å². The standard InChI is InChI=1S/C50H79N7O12/c1-47(2,3)66-43(60)54-39(24-17-19-29-52-41(55-44(61)67-48(4,5)6)56-45(62)68-49(7,8)9)40(58)51-31-20-32-57(46(63)69-50(10,11)12)33-34-64-38-27-25-36(26-28-38)21-16-18-30-53-42(59)65-35-37-22-14-13-15-23-37/h13-15,22-23,25-28,39H,16-21,24,29-35H2,1-12H3,(H,51,58)(H,53,59)(H,54,60)(H2,52,55,56,61,62)/t39-/m0/s1. The van der Waals surface area contributed by atoms with Crippen LogP contribution in [0.3, 0.4) is 0 Å². The number of benzene rings is 2. The van der Waals surface area contributed by atoms with Gasteiger partial charge in [-0.3, -0.25) is 10.1 Å². The lowest BCUT2D eigenvalue weighted by Gasteiger charge is -2.27. The molecule has 2 rings (SSSR count). The Labute approximate surface area is 408 Å². The van der Waals surface area contributed by atoms with E-state index in [-0.39, 0.29) is 51.8 Å². The summed E-state index contributed by atoms with van der Waals surface area (Å²) in [6.07, 6.45) is 0.485. The average Bonchev–Trinajstić information content (AvgIpc) is 3.21. The number of ether oxygens (including phenoxy) is 6. The van der Waals surface area contributed by atoms with E-state index in [1.165, 1.54) is 4.90 Å². The summed E-state index contributed by atoms with van der Waals surface area (Å²) >= 11 is 0. The van der Waals surface area contributed by atoms with E-state index < -0.39 is 64.8 Å². The zero-order valence-electron chi connectivity index (χ0n) is 43.0. The molecule has 19 heteroatoms. The normalized spacial score (nSPS) is 12.4. The number of nitrogens with zero attached hydrogens (tertiary/aromatic N) is 2. The SMILES string of the molecule is CC(C)(C)OC(=O)/N=C(\NCCCC[C@H](NC(=O)OC(C)(C)C)C(=O)NCCCN(CCOc1ccc(CCCCNC(=O)OCc2ccccc2)cc1)C(=O)OC(C)(C)C)NC(=O)OC(C)(C)C. The molecule has 0 unspecified atom stereocenters. The molecule has 0 saturated carbocycles. The second kappa shape index (κ2) is 28.9. The van der Waals surface area contributed by atoms with Gasteiger partial charge in [0, 0.05) is 26.2 Å². The van der Waals surface area contributed by atoms with Gasteiger partial charge >= 0.3 is 30.5 Å². The lowest BCUT2D eigenvalue weighted by atomic mass is 10.1. The predicted octanol–water partition coefficient (Wildman–Crippen LogP) is 8.53. The van der Waals surface area contributed by atoms with Crippen molar-refractivity contribution in [3.8, 4) is 5.75 Å². The van der Waals surface area contributed by atoms with Crippen LogP contribution in [0.4, 0.5) is 24.0 Å². The molecule has 0 aliphatic rings. The minimum absolute atomic E-state index is 0.171. The van der Waals surface area contributed by atoms with Gasteiger partial charge in [0.2, 0.25) is 11.9 Å². The highest BCUT2D eigenvalue weighted by Gasteiger charge is 2.26. The molecule has 0 radical (unpaired) electrons. The molecular formula is C50H79N7O12. The van der Waals surface area contributed by atoms with E-state index in [4.69, 9.17) is 28.4 Å². The highest BCUT2D eigenvalue weighted by atomic mass is 16.6. The third kappa shape index (κ3) is 30.0. The van der Waals surface area contributed by atoms with Crippen LogP contribution in [0.25, 0.3) is 0 Å². The molecule has 2 aromatic carbocycles. The van der Waals surface area contributed by atoms with Crippen molar-refractivity contribution in [1.29, 1.82) is 0 Å². The number of hydrogen-bond donors (Lipinski definition) is 5. The number of unbranched alkanes of at least 4 members (excludes halogenated alkanes) is 2. The Kier molecular flexibility index (Phi) is 24.7. The molecule has 0 bridgehead atoms.